The quantitative estimate of drug-likeness (QED) is 0.533. The number of nitrogens with zero attached hydrogens (tertiary/aromatic N) is 3. The Labute approximate surface area is 118 Å². The Bertz CT molecular complexity index is 587. The summed E-state index contributed by atoms with van der Waals surface area (Å²) in [5.74, 6) is 0. The zero-order valence-corrected chi connectivity index (χ0v) is 10.9. The van der Waals surface area contributed by atoms with Crippen LogP contribution in [0.5, 0.6) is 0 Å². The van der Waals surface area contributed by atoms with Gasteiger partial charge in [-0.05, 0) is 24.3 Å². The summed E-state index contributed by atoms with van der Waals surface area (Å²) >= 11 is 0.994. The van der Waals surface area contributed by atoms with Crippen LogP contribution in [0.15, 0.2) is 46.0 Å². The second-order valence-corrected chi connectivity index (χ2v) is 3.87. The molecule has 1 radical (unpaired) electrons. The largest absolute Gasteiger partial charge is 0.397 e. The predicted molar refractivity (Wildman–Crippen MR) is 65.9 cm³/mol. The van der Waals surface area contributed by atoms with E-state index in [0.717, 1.165) is 11.9 Å². The van der Waals surface area contributed by atoms with Gasteiger partial charge in [0.25, 0.3) is 0 Å². The maximum atomic E-state index is 10.1. The van der Waals surface area contributed by atoms with Crippen LogP contribution in [-0.2, 0) is 21.6 Å². The summed E-state index contributed by atoms with van der Waals surface area (Å²) in [4.78, 5) is 19.2. The molecule has 18 heavy (non-hydrogen) atoms. The number of pyridine rings is 2. The van der Waals surface area contributed by atoms with E-state index in [9.17, 15) is 4.79 Å². The molecule has 0 fully saturated rings. The number of rotatable bonds is 3. The van der Waals surface area contributed by atoms with Crippen LogP contribution in [0, 0.1) is 0 Å². The molecule has 2 heterocycles. The monoisotopic (exact) mass is 303 g/mol. The summed E-state index contributed by atoms with van der Waals surface area (Å²) in [6, 6.07) is 7.04. The summed E-state index contributed by atoms with van der Waals surface area (Å²) in [5, 5.41) is 0. The van der Waals surface area contributed by atoms with Crippen LogP contribution in [0.1, 0.15) is 0 Å². The van der Waals surface area contributed by atoms with Gasteiger partial charge < -0.3 is 5.73 Å². The molecule has 0 aromatic carbocycles. The van der Waals surface area contributed by atoms with Gasteiger partial charge in [-0.25, -0.2) is 4.79 Å². The molecule has 0 spiro atoms. The SMILES string of the molecule is Nc1cccnc1-c1ncccc1SN=C=O.[Co]. The van der Waals surface area contributed by atoms with Crippen LogP contribution in [0.25, 0.3) is 11.4 Å². The predicted octanol–water partition coefficient (Wildman–Crippen LogP) is 2.07. The Hall–Kier alpha value is -1.66. The Morgan fingerprint density at radius 1 is 1.17 bits per heavy atom. The van der Waals surface area contributed by atoms with Crippen molar-refractivity contribution >= 4 is 23.7 Å². The molecule has 7 heteroatoms. The molecule has 5 nitrogen and oxygen atoms in total. The molecule has 2 aromatic heterocycles. The molecular weight excluding hydrogens is 295 g/mol. The van der Waals surface area contributed by atoms with Gasteiger partial charge in [0.1, 0.15) is 11.4 Å². The normalized spacial score (nSPS) is 9.11. The van der Waals surface area contributed by atoms with Crippen LogP contribution in [0.2, 0.25) is 0 Å². The average Bonchev–Trinajstić information content (AvgIpc) is 2.37. The Morgan fingerprint density at radius 2 is 1.83 bits per heavy atom. The van der Waals surface area contributed by atoms with Crippen molar-refractivity contribution in [3.63, 3.8) is 0 Å². The first-order chi connectivity index (χ1) is 8.33. The number of hydrogen-bond acceptors (Lipinski definition) is 6. The molecule has 2 rings (SSSR count). The van der Waals surface area contributed by atoms with Crippen LogP contribution >= 0.6 is 11.9 Å². The van der Waals surface area contributed by atoms with Crippen LogP contribution in [0.4, 0.5) is 5.69 Å². The number of nitrogens with two attached hydrogens (primary N) is 1. The fourth-order valence-corrected chi connectivity index (χ4v) is 1.84. The Kier molecular flexibility index (Phi) is 5.54. The third-order valence-electron chi connectivity index (χ3n) is 2.02. The fraction of sp³-hybridized carbons (Fsp3) is 0. The van der Waals surface area contributed by atoms with E-state index in [4.69, 9.17) is 5.73 Å². The van der Waals surface area contributed by atoms with E-state index in [-0.39, 0.29) is 16.8 Å². The molecule has 0 aliphatic carbocycles. The van der Waals surface area contributed by atoms with Crippen molar-refractivity contribution in [2.75, 3.05) is 5.73 Å². The summed E-state index contributed by atoms with van der Waals surface area (Å²) in [6.45, 7) is 0. The molecule has 93 valence electrons. The number of isocyanates is 1. The Morgan fingerprint density at radius 3 is 2.50 bits per heavy atom. The maximum Gasteiger partial charge on any atom is 0.247 e. The van der Waals surface area contributed by atoms with Gasteiger partial charge in [0, 0.05) is 41.1 Å². The molecule has 0 amide bonds. The van der Waals surface area contributed by atoms with Gasteiger partial charge in [0.05, 0.1) is 10.6 Å². The van der Waals surface area contributed by atoms with E-state index in [0.29, 0.717) is 22.0 Å². The van der Waals surface area contributed by atoms with Crippen molar-refractivity contribution in [3.05, 3.63) is 36.7 Å². The standard InChI is InChI=1S/C11H8N4OS.Co/c12-8-3-1-5-13-10(8)11-9(17-15-7-16)4-2-6-14-11;/h1-6H,12H2;. The first-order valence-electron chi connectivity index (χ1n) is 4.73. The zero-order chi connectivity index (χ0) is 12.1. The smallest absolute Gasteiger partial charge is 0.247 e. The molecule has 0 bridgehead atoms. The summed E-state index contributed by atoms with van der Waals surface area (Å²) < 4.78 is 3.46. The number of nitrogen functional groups attached to an aromatic ring is 1. The first-order valence-corrected chi connectivity index (χ1v) is 5.50. The first kappa shape index (κ1) is 14.4. The van der Waals surface area contributed by atoms with Gasteiger partial charge >= 0.3 is 0 Å². The molecule has 2 aromatic rings. The van der Waals surface area contributed by atoms with Crippen molar-refractivity contribution < 1.29 is 21.6 Å². The topological polar surface area (TPSA) is 81.2 Å². The number of hydrogen-bond donors (Lipinski definition) is 1. The third-order valence-corrected chi connectivity index (χ3v) is 2.71. The van der Waals surface area contributed by atoms with Crippen molar-refractivity contribution in [1.82, 2.24) is 9.97 Å². The van der Waals surface area contributed by atoms with Crippen LogP contribution < -0.4 is 5.73 Å². The molecular formula is C11H8CoN4OS. The molecule has 0 aliphatic rings. The number of anilines is 1. The van der Waals surface area contributed by atoms with Gasteiger partial charge in [-0.2, -0.15) is 0 Å². The van der Waals surface area contributed by atoms with Gasteiger partial charge in [0.2, 0.25) is 6.08 Å². The minimum atomic E-state index is 0. The summed E-state index contributed by atoms with van der Waals surface area (Å²) in [6.07, 6.45) is 4.74. The second-order valence-electron chi connectivity index (χ2n) is 3.07. The number of carbonyl (C=O) groups excluding carboxylic acids is 1. The second kappa shape index (κ2) is 6.92. The Balaban J connectivity index is 0.00000162. The number of aromatic nitrogens is 2. The van der Waals surface area contributed by atoms with Crippen LogP contribution in [0.3, 0.4) is 0 Å². The molecule has 0 unspecified atom stereocenters. The van der Waals surface area contributed by atoms with Gasteiger partial charge in [-0.3, -0.25) is 9.97 Å². The molecule has 2 N–H and O–H groups in total. The van der Waals surface area contributed by atoms with E-state index in [1.54, 1.807) is 36.7 Å². The third kappa shape index (κ3) is 3.18. The minimum Gasteiger partial charge on any atom is -0.397 e. The summed E-state index contributed by atoms with van der Waals surface area (Å²) in [5.41, 5.74) is 7.55. The zero-order valence-electron chi connectivity index (χ0n) is 9.03. The molecule has 0 saturated carbocycles. The molecule has 0 aliphatic heterocycles. The van der Waals surface area contributed by atoms with Gasteiger partial charge in [0.15, 0.2) is 0 Å². The van der Waals surface area contributed by atoms with E-state index >= 15 is 0 Å². The maximum absolute atomic E-state index is 10.1. The van der Waals surface area contributed by atoms with E-state index in [1.807, 2.05) is 0 Å². The van der Waals surface area contributed by atoms with E-state index in [2.05, 4.69) is 14.4 Å². The van der Waals surface area contributed by atoms with Gasteiger partial charge in [-0.1, -0.05) is 0 Å². The van der Waals surface area contributed by atoms with E-state index < -0.39 is 0 Å². The average molecular weight is 303 g/mol. The minimum absolute atomic E-state index is 0. The van der Waals surface area contributed by atoms with Crippen molar-refractivity contribution in [3.8, 4) is 11.4 Å². The van der Waals surface area contributed by atoms with Crippen molar-refractivity contribution in [1.29, 1.82) is 0 Å². The van der Waals surface area contributed by atoms with Gasteiger partial charge in [-0.15, -0.1) is 4.40 Å². The molecule has 0 saturated heterocycles. The fourth-order valence-electron chi connectivity index (χ4n) is 1.33. The van der Waals surface area contributed by atoms with Crippen molar-refractivity contribution in [2.24, 2.45) is 4.40 Å². The van der Waals surface area contributed by atoms with Crippen molar-refractivity contribution in [2.45, 2.75) is 4.90 Å². The van der Waals surface area contributed by atoms with Crippen LogP contribution in [-0.4, -0.2) is 16.0 Å². The van der Waals surface area contributed by atoms with E-state index in [1.165, 1.54) is 6.08 Å². The summed E-state index contributed by atoms with van der Waals surface area (Å²) in [7, 11) is 0. The molecule has 0 atom stereocenters.